The van der Waals surface area contributed by atoms with Crippen LogP contribution in [0.2, 0.25) is 0 Å². The number of hydrogen-bond donors (Lipinski definition) is 1. The van der Waals surface area contributed by atoms with E-state index in [4.69, 9.17) is 0 Å². The van der Waals surface area contributed by atoms with Crippen molar-refractivity contribution in [2.24, 2.45) is 0 Å². The lowest BCUT2D eigenvalue weighted by molar-refractivity contribution is -0.117. The third-order valence-corrected chi connectivity index (χ3v) is 7.04. The molecule has 7 nitrogen and oxygen atoms in total. The summed E-state index contributed by atoms with van der Waals surface area (Å²) in [6.07, 6.45) is 2.44. The van der Waals surface area contributed by atoms with E-state index in [1.54, 1.807) is 30.8 Å². The van der Waals surface area contributed by atoms with Crippen LogP contribution in [0.3, 0.4) is 0 Å². The number of carbonyl (C=O) groups is 1. The Kier molecular flexibility index (Phi) is 7.63. The summed E-state index contributed by atoms with van der Waals surface area (Å²) < 4.78 is 26.8. The fourth-order valence-corrected chi connectivity index (χ4v) is 5.34. The number of aromatic nitrogens is 2. The average molecular weight is 429 g/mol. The first kappa shape index (κ1) is 21.6. The summed E-state index contributed by atoms with van der Waals surface area (Å²) in [5, 5.41) is 11.1. The highest BCUT2D eigenvalue weighted by molar-refractivity contribution is 8.01. The van der Waals surface area contributed by atoms with Crippen LogP contribution in [-0.2, 0) is 14.8 Å². The van der Waals surface area contributed by atoms with Crippen molar-refractivity contribution in [2.75, 3.05) is 21.6 Å². The number of nitrogens with zero attached hydrogens (tertiary/aromatic N) is 3. The molecule has 27 heavy (non-hydrogen) atoms. The summed E-state index contributed by atoms with van der Waals surface area (Å²) in [5.74, 6) is 0.502. The van der Waals surface area contributed by atoms with E-state index in [0.717, 1.165) is 32.6 Å². The van der Waals surface area contributed by atoms with E-state index in [1.807, 2.05) is 19.1 Å². The molecular weight excluding hydrogens is 404 g/mol. The molecule has 0 spiro atoms. The lowest BCUT2D eigenvalue weighted by Gasteiger charge is -2.29. The van der Waals surface area contributed by atoms with Crippen molar-refractivity contribution in [1.29, 1.82) is 0 Å². The van der Waals surface area contributed by atoms with E-state index in [-0.39, 0.29) is 0 Å². The largest absolute Gasteiger partial charge is 0.299 e. The average Bonchev–Trinajstić information content (AvgIpc) is 3.05. The number of sulfonamides is 1. The monoisotopic (exact) mass is 428 g/mol. The van der Waals surface area contributed by atoms with Crippen LogP contribution in [0, 0.1) is 6.92 Å². The molecule has 0 aliphatic heterocycles. The summed E-state index contributed by atoms with van der Waals surface area (Å²) >= 11 is 2.87. The molecule has 0 bridgehead atoms. The molecule has 10 heteroatoms. The van der Waals surface area contributed by atoms with Gasteiger partial charge in [-0.2, -0.15) is 0 Å². The SMILES string of the molecule is CCCSc1nnc(NC(=O)C(CC)N(c2ccc(C)cc2)S(C)(=O)=O)s1. The Balaban J connectivity index is 2.24. The van der Waals surface area contributed by atoms with Gasteiger partial charge in [0.25, 0.3) is 0 Å². The highest BCUT2D eigenvalue weighted by Gasteiger charge is 2.32. The first-order chi connectivity index (χ1) is 12.8. The number of nitrogens with one attached hydrogen (secondary N) is 1. The maximum Gasteiger partial charge on any atom is 0.250 e. The molecule has 0 saturated heterocycles. The second-order valence-electron chi connectivity index (χ2n) is 6.03. The minimum Gasteiger partial charge on any atom is -0.299 e. The maximum absolute atomic E-state index is 12.8. The van der Waals surface area contributed by atoms with E-state index < -0.39 is 22.0 Å². The quantitative estimate of drug-likeness (QED) is 0.485. The molecule has 148 valence electrons. The molecule has 1 aromatic carbocycles. The first-order valence-electron chi connectivity index (χ1n) is 8.59. The highest BCUT2D eigenvalue weighted by atomic mass is 32.2. The molecule has 1 unspecified atom stereocenters. The summed E-state index contributed by atoms with van der Waals surface area (Å²) in [6, 6.07) is 6.17. The van der Waals surface area contributed by atoms with Gasteiger partial charge in [0.05, 0.1) is 11.9 Å². The Labute approximate surface area is 168 Å². The Hall–Kier alpha value is -1.65. The fraction of sp³-hybridized carbons (Fsp3) is 0.471. The predicted octanol–water partition coefficient (Wildman–Crippen LogP) is 3.53. The third kappa shape index (κ3) is 5.91. The van der Waals surface area contributed by atoms with Crippen LogP contribution in [0.1, 0.15) is 32.3 Å². The number of thioether (sulfide) groups is 1. The predicted molar refractivity (Wildman–Crippen MR) is 112 cm³/mol. The van der Waals surface area contributed by atoms with E-state index >= 15 is 0 Å². The molecule has 1 atom stereocenters. The smallest absolute Gasteiger partial charge is 0.250 e. The van der Waals surface area contributed by atoms with Crippen LogP contribution in [0.15, 0.2) is 28.6 Å². The van der Waals surface area contributed by atoms with Gasteiger partial charge in [0, 0.05) is 5.75 Å². The van der Waals surface area contributed by atoms with Crippen LogP contribution in [0.25, 0.3) is 0 Å². The van der Waals surface area contributed by atoms with Crippen molar-refractivity contribution in [3.05, 3.63) is 29.8 Å². The summed E-state index contributed by atoms with van der Waals surface area (Å²) in [7, 11) is -3.65. The van der Waals surface area contributed by atoms with Gasteiger partial charge in [0.2, 0.25) is 21.1 Å². The Morgan fingerprint density at radius 3 is 2.48 bits per heavy atom. The molecule has 0 fully saturated rings. The van der Waals surface area contributed by atoms with Gasteiger partial charge in [0.1, 0.15) is 6.04 Å². The lowest BCUT2D eigenvalue weighted by Crippen LogP contribution is -2.47. The minimum absolute atomic E-state index is 0.322. The van der Waals surface area contributed by atoms with Crippen molar-refractivity contribution in [2.45, 2.75) is 44.0 Å². The van der Waals surface area contributed by atoms with Gasteiger partial charge in [-0.1, -0.05) is 54.6 Å². The van der Waals surface area contributed by atoms with Crippen molar-refractivity contribution >= 4 is 49.8 Å². The normalized spacial score (nSPS) is 12.6. The van der Waals surface area contributed by atoms with Crippen LogP contribution < -0.4 is 9.62 Å². The number of amides is 1. The molecule has 0 saturated carbocycles. The highest BCUT2D eigenvalue weighted by Crippen LogP contribution is 2.27. The zero-order valence-electron chi connectivity index (χ0n) is 15.8. The number of aryl methyl sites for hydroxylation is 1. The Morgan fingerprint density at radius 1 is 1.26 bits per heavy atom. The Bertz CT molecular complexity index is 866. The van der Waals surface area contributed by atoms with Gasteiger partial charge in [-0.05, 0) is 31.9 Å². The van der Waals surface area contributed by atoms with Crippen LogP contribution in [-0.4, -0.2) is 42.6 Å². The van der Waals surface area contributed by atoms with Crippen molar-refractivity contribution in [3.8, 4) is 0 Å². The first-order valence-corrected chi connectivity index (χ1v) is 12.2. The zero-order chi connectivity index (χ0) is 20.0. The fourth-order valence-electron chi connectivity index (χ4n) is 2.45. The third-order valence-electron chi connectivity index (χ3n) is 3.68. The number of carbonyl (C=O) groups excluding carboxylic acids is 1. The van der Waals surface area contributed by atoms with Crippen LogP contribution >= 0.6 is 23.1 Å². The molecule has 0 aliphatic rings. The van der Waals surface area contributed by atoms with Crippen molar-refractivity contribution < 1.29 is 13.2 Å². The molecule has 2 rings (SSSR count). The van der Waals surface area contributed by atoms with Crippen molar-refractivity contribution in [1.82, 2.24) is 10.2 Å². The number of hydrogen-bond acceptors (Lipinski definition) is 7. The van der Waals surface area contributed by atoms with Gasteiger partial charge in [-0.3, -0.25) is 14.4 Å². The molecule has 0 radical (unpaired) electrons. The van der Waals surface area contributed by atoms with Crippen LogP contribution in [0.5, 0.6) is 0 Å². The summed E-state index contributed by atoms with van der Waals surface area (Å²) in [6.45, 7) is 5.77. The maximum atomic E-state index is 12.8. The second-order valence-corrected chi connectivity index (χ2v) is 10.2. The lowest BCUT2D eigenvalue weighted by atomic mass is 10.1. The van der Waals surface area contributed by atoms with E-state index in [2.05, 4.69) is 22.4 Å². The Morgan fingerprint density at radius 2 is 1.93 bits per heavy atom. The van der Waals surface area contributed by atoms with Gasteiger partial charge in [-0.15, -0.1) is 10.2 Å². The number of benzene rings is 1. The summed E-state index contributed by atoms with van der Waals surface area (Å²) in [5.41, 5.74) is 1.47. The van der Waals surface area contributed by atoms with Gasteiger partial charge in [-0.25, -0.2) is 8.42 Å². The molecule has 1 heterocycles. The van der Waals surface area contributed by atoms with Gasteiger partial charge >= 0.3 is 0 Å². The molecule has 0 aliphatic carbocycles. The minimum atomic E-state index is -3.65. The molecule has 1 amide bonds. The topological polar surface area (TPSA) is 92.3 Å². The standard InChI is InChI=1S/C17H24N4O3S3/c1-5-11-25-17-20-19-16(26-17)18-15(22)14(6-2)21(27(4,23)24)13-9-7-12(3)8-10-13/h7-10,14H,5-6,11H2,1-4H3,(H,18,19,22). The second kappa shape index (κ2) is 9.52. The van der Waals surface area contributed by atoms with E-state index in [1.165, 1.54) is 11.3 Å². The van der Waals surface area contributed by atoms with Gasteiger partial charge < -0.3 is 0 Å². The zero-order valence-corrected chi connectivity index (χ0v) is 18.2. The molecule has 2 aromatic rings. The number of anilines is 2. The van der Waals surface area contributed by atoms with E-state index in [0.29, 0.717) is 17.2 Å². The summed E-state index contributed by atoms with van der Waals surface area (Å²) in [4.78, 5) is 12.8. The molecule has 1 N–H and O–H groups in total. The van der Waals surface area contributed by atoms with Crippen molar-refractivity contribution in [3.63, 3.8) is 0 Å². The van der Waals surface area contributed by atoms with E-state index in [9.17, 15) is 13.2 Å². The molecule has 1 aromatic heterocycles. The number of rotatable bonds is 9. The van der Waals surface area contributed by atoms with Crippen LogP contribution in [0.4, 0.5) is 10.8 Å². The molecular formula is C17H24N4O3S3. The van der Waals surface area contributed by atoms with Gasteiger partial charge in [0.15, 0.2) is 4.34 Å².